The fourth-order valence-corrected chi connectivity index (χ4v) is 4.07. The van der Waals surface area contributed by atoms with Crippen LogP contribution in [0.3, 0.4) is 0 Å². The molecule has 4 rings (SSSR count). The van der Waals surface area contributed by atoms with E-state index in [-0.39, 0.29) is 5.91 Å². The Hall–Kier alpha value is -3.43. The first-order valence-electron chi connectivity index (χ1n) is 10.8. The molecular weight excluding hydrogens is 386 g/mol. The molecule has 1 aromatic heterocycles. The number of H-pyrrole nitrogens is 1. The summed E-state index contributed by atoms with van der Waals surface area (Å²) in [4.78, 5) is 22.8. The number of aromatic amines is 1. The Morgan fingerprint density at radius 2 is 2.10 bits per heavy atom. The smallest absolute Gasteiger partial charge is 0.293 e. The fraction of sp³-hybridized carbons (Fsp3) is 0.320. The number of amides is 1. The van der Waals surface area contributed by atoms with Crippen LogP contribution in [-0.2, 0) is 6.54 Å². The molecule has 0 unspecified atom stereocenters. The number of nitrogens with one attached hydrogen (secondary N) is 2. The number of fused-ring (bicyclic) bond motifs is 1. The molecule has 2 aromatic carbocycles. The van der Waals surface area contributed by atoms with Crippen molar-refractivity contribution in [3.05, 3.63) is 76.8 Å². The first kappa shape index (κ1) is 20.8. The third-order valence-corrected chi connectivity index (χ3v) is 5.78. The van der Waals surface area contributed by atoms with Crippen LogP contribution in [0.25, 0.3) is 11.0 Å². The van der Waals surface area contributed by atoms with Gasteiger partial charge in [0.05, 0.1) is 22.7 Å². The summed E-state index contributed by atoms with van der Waals surface area (Å²) in [6.07, 6.45) is 4.95. The fourth-order valence-electron chi connectivity index (χ4n) is 4.07. The minimum absolute atomic E-state index is 0.0876. The molecule has 0 saturated heterocycles. The van der Waals surface area contributed by atoms with Crippen LogP contribution in [0.4, 0.5) is 0 Å². The molecule has 0 aliphatic heterocycles. The van der Waals surface area contributed by atoms with Crippen LogP contribution in [0.1, 0.15) is 53.5 Å². The second-order valence-electron chi connectivity index (χ2n) is 8.02. The van der Waals surface area contributed by atoms with Crippen LogP contribution in [-0.4, -0.2) is 33.4 Å². The summed E-state index contributed by atoms with van der Waals surface area (Å²) >= 11 is 0. The summed E-state index contributed by atoms with van der Waals surface area (Å²) in [6, 6.07) is 16.1. The van der Waals surface area contributed by atoms with E-state index in [2.05, 4.69) is 27.4 Å². The van der Waals surface area contributed by atoms with Gasteiger partial charge in [-0.1, -0.05) is 24.3 Å². The zero-order valence-electron chi connectivity index (χ0n) is 18.0. The predicted molar refractivity (Wildman–Crippen MR) is 121 cm³/mol. The molecule has 0 fully saturated rings. The Balaban J connectivity index is 1.43. The monoisotopic (exact) mass is 413 g/mol. The lowest BCUT2D eigenvalue weighted by Crippen LogP contribution is -2.37. The highest BCUT2D eigenvalue weighted by molar-refractivity contribution is 5.95. The normalized spacial score (nSPS) is 16.0. The molecule has 0 spiro atoms. The summed E-state index contributed by atoms with van der Waals surface area (Å²) in [7, 11) is 0. The van der Waals surface area contributed by atoms with Gasteiger partial charge in [-0.05, 0) is 62.1 Å². The van der Waals surface area contributed by atoms with E-state index in [1.54, 1.807) is 0 Å². The summed E-state index contributed by atoms with van der Waals surface area (Å²) in [5.41, 5.74) is 5.69. The van der Waals surface area contributed by atoms with Gasteiger partial charge >= 0.3 is 0 Å². The van der Waals surface area contributed by atoms with Gasteiger partial charge in [0.2, 0.25) is 0 Å². The Kier molecular flexibility index (Phi) is 6.15. The summed E-state index contributed by atoms with van der Waals surface area (Å²) in [6.45, 7) is 5.36. The number of nitrogens with zero attached hydrogens (tertiary/aromatic N) is 3. The molecule has 1 amide bonds. The second kappa shape index (κ2) is 9.15. The van der Waals surface area contributed by atoms with E-state index in [4.69, 9.17) is 5.26 Å². The Labute approximate surface area is 182 Å². The van der Waals surface area contributed by atoms with Gasteiger partial charge in [-0.3, -0.25) is 4.79 Å². The molecule has 0 saturated carbocycles. The molecular formula is C25H27N5O. The Morgan fingerprint density at radius 3 is 2.84 bits per heavy atom. The maximum absolute atomic E-state index is 13.2. The first-order valence-corrected chi connectivity index (χ1v) is 10.8. The highest BCUT2D eigenvalue weighted by atomic mass is 16.2. The molecule has 0 radical (unpaired) electrons. The third-order valence-electron chi connectivity index (χ3n) is 5.78. The van der Waals surface area contributed by atoms with E-state index < -0.39 is 0 Å². The van der Waals surface area contributed by atoms with E-state index in [0.29, 0.717) is 24.0 Å². The molecule has 6 nitrogen and oxygen atoms in total. The number of allylic oxidation sites excluding steroid dienone is 1. The topological polar surface area (TPSA) is 84.8 Å². The number of carbonyl (C=O) groups is 1. The minimum Gasteiger partial charge on any atom is -0.334 e. The van der Waals surface area contributed by atoms with Gasteiger partial charge in [-0.2, -0.15) is 5.26 Å². The molecule has 3 aromatic rings. The summed E-state index contributed by atoms with van der Waals surface area (Å²) in [5.74, 6) is 0.298. The number of nitriles is 1. The van der Waals surface area contributed by atoms with Crippen molar-refractivity contribution in [1.82, 2.24) is 20.2 Å². The van der Waals surface area contributed by atoms with Crippen LogP contribution < -0.4 is 5.32 Å². The van der Waals surface area contributed by atoms with Gasteiger partial charge in [0.1, 0.15) is 0 Å². The lowest BCUT2D eigenvalue weighted by Gasteiger charge is -2.30. The van der Waals surface area contributed by atoms with Crippen LogP contribution in [0.5, 0.6) is 0 Å². The highest BCUT2D eigenvalue weighted by Crippen LogP contribution is 2.24. The molecule has 31 heavy (non-hydrogen) atoms. The van der Waals surface area contributed by atoms with Crippen molar-refractivity contribution in [2.45, 2.75) is 45.7 Å². The van der Waals surface area contributed by atoms with Crippen molar-refractivity contribution in [2.75, 3.05) is 6.54 Å². The standard InChI is InChI=1S/C25H27N5O/c1-3-30(25(31)24-28-22-12-7-17(2)13-23(22)29-24)21-6-4-5-20(14-21)27-16-19-10-8-18(15-26)9-11-19/h6-13,20,27H,3-5,14,16H2,1-2H3,(H,28,29)/t20-/m1/s1. The number of hydrogen-bond acceptors (Lipinski definition) is 4. The van der Waals surface area contributed by atoms with E-state index in [1.165, 1.54) is 0 Å². The molecule has 0 bridgehead atoms. The summed E-state index contributed by atoms with van der Waals surface area (Å²) in [5, 5.41) is 12.5. The summed E-state index contributed by atoms with van der Waals surface area (Å²) < 4.78 is 0. The maximum Gasteiger partial charge on any atom is 0.293 e. The van der Waals surface area contributed by atoms with Crippen LogP contribution in [0.2, 0.25) is 0 Å². The number of imidazole rings is 1. The number of carbonyl (C=O) groups excluding carboxylic acids is 1. The van der Waals surface area contributed by atoms with Crippen LogP contribution >= 0.6 is 0 Å². The molecule has 2 N–H and O–H groups in total. The Bertz CT molecular complexity index is 1150. The van der Waals surface area contributed by atoms with E-state index >= 15 is 0 Å². The van der Waals surface area contributed by atoms with Gasteiger partial charge < -0.3 is 15.2 Å². The first-order chi connectivity index (χ1) is 15.1. The number of rotatable bonds is 6. The van der Waals surface area contributed by atoms with E-state index in [0.717, 1.165) is 53.7 Å². The quantitative estimate of drug-likeness (QED) is 0.626. The lowest BCUT2D eigenvalue weighted by atomic mass is 9.97. The lowest BCUT2D eigenvalue weighted by molar-refractivity contribution is 0.0792. The van der Waals surface area contributed by atoms with Crippen molar-refractivity contribution in [2.24, 2.45) is 0 Å². The molecule has 1 aliphatic carbocycles. The number of aryl methyl sites for hydroxylation is 1. The molecule has 6 heteroatoms. The van der Waals surface area contributed by atoms with Crippen molar-refractivity contribution in [3.8, 4) is 6.07 Å². The predicted octanol–water partition coefficient (Wildman–Crippen LogP) is 4.43. The zero-order chi connectivity index (χ0) is 21.8. The average molecular weight is 414 g/mol. The maximum atomic E-state index is 13.2. The van der Waals surface area contributed by atoms with E-state index in [9.17, 15) is 4.79 Å². The molecule has 1 aliphatic rings. The average Bonchev–Trinajstić information content (AvgIpc) is 3.22. The van der Waals surface area contributed by atoms with Gasteiger partial charge in [0, 0.05) is 31.2 Å². The van der Waals surface area contributed by atoms with Gasteiger partial charge in [-0.15, -0.1) is 0 Å². The van der Waals surface area contributed by atoms with Crippen LogP contribution in [0, 0.1) is 18.3 Å². The largest absolute Gasteiger partial charge is 0.334 e. The van der Waals surface area contributed by atoms with Gasteiger partial charge in [0.15, 0.2) is 5.82 Å². The SMILES string of the molecule is CCN(C(=O)c1nc2cc(C)ccc2[nH]1)C1=CCC[C@@H](NCc2ccc(C#N)cc2)C1. The number of aromatic nitrogens is 2. The molecule has 1 atom stereocenters. The van der Waals surface area contributed by atoms with Gasteiger partial charge in [0.25, 0.3) is 5.91 Å². The van der Waals surface area contributed by atoms with Gasteiger partial charge in [-0.25, -0.2) is 4.98 Å². The zero-order valence-corrected chi connectivity index (χ0v) is 18.0. The molecule has 1 heterocycles. The van der Waals surface area contributed by atoms with Crippen LogP contribution in [0.15, 0.2) is 54.2 Å². The van der Waals surface area contributed by atoms with Crippen molar-refractivity contribution in [3.63, 3.8) is 0 Å². The van der Waals surface area contributed by atoms with Crippen molar-refractivity contribution >= 4 is 16.9 Å². The molecule has 158 valence electrons. The Morgan fingerprint density at radius 1 is 1.29 bits per heavy atom. The third kappa shape index (κ3) is 4.68. The minimum atomic E-state index is -0.0876. The van der Waals surface area contributed by atoms with E-state index in [1.807, 2.05) is 61.2 Å². The van der Waals surface area contributed by atoms with Crippen molar-refractivity contribution in [1.29, 1.82) is 5.26 Å². The number of benzene rings is 2. The van der Waals surface area contributed by atoms with Crippen molar-refractivity contribution < 1.29 is 4.79 Å². The second-order valence-corrected chi connectivity index (χ2v) is 8.02. The highest BCUT2D eigenvalue weighted by Gasteiger charge is 2.25. The number of hydrogen-bond donors (Lipinski definition) is 2.